The van der Waals surface area contributed by atoms with Gasteiger partial charge >= 0.3 is 6.03 Å². The van der Waals surface area contributed by atoms with E-state index in [0.29, 0.717) is 19.6 Å². The Labute approximate surface area is 147 Å². The molecule has 1 fully saturated rings. The van der Waals surface area contributed by atoms with E-state index in [1.807, 2.05) is 28.0 Å². The molecule has 25 heavy (non-hydrogen) atoms. The molecule has 4 rings (SSSR count). The van der Waals surface area contributed by atoms with Crippen molar-refractivity contribution in [1.82, 2.24) is 14.9 Å². The van der Waals surface area contributed by atoms with Crippen LogP contribution in [0.2, 0.25) is 0 Å². The molecule has 2 aliphatic rings. The van der Waals surface area contributed by atoms with E-state index in [9.17, 15) is 4.79 Å². The second-order valence-electron chi connectivity index (χ2n) is 6.54. The van der Waals surface area contributed by atoms with E-state index < -0.39 is 0 Å². The van der Waals surface area contributed by atoms with Crippen LogP contribution in [0.5, 0.6) is 0 Å². The number of nitrogens with two attached hydrogens (primary N) is 1. The summed E-state index contributed by atoms with van der Waals surface area (Å²) >= 11 is 0. The molecule has 2 amide bonds. The number of fused-ring (bicyclic) bond motifs is 1. The van der Waals surface area contributed by atoms with E-state index in [2.05, 4.69) is 20.9 Å². The van der Waals surface area contributed by atoms with Gasteiger partial charge in [-0.2, -0.15) is 0 Å². The van der Waals surface area contributed by atoms with Crippen molar-refractivity contribution < 1.29 is 4.79 Å². The van der Waals surface area contributed by atoms with Gasteiger partial charge in [0, 0.05) is 44.6 Å². The van der Waals surface area contributed by atoms with Gasteiger partial charge in [0.25, 0.3) is 0 Å². The first kappa shape index (κ1) is 15.8. The third-order valence-electron chi connectivity index (χ3n) is 4.80. The highest BCUT2D eigenvalue weighted by Crippen LogP contribution is 2.34. The average molecular weight is 338 g/mol. The largest absolute Gasteiger partial charge is 0.362 e. The smallest absolute Gasteiger partial charge is 0.324 e. The van der Waals surface area contributed by atoms with Gasteiger partial charge in [-0.1, -0.05) is 12.1 Å². The maximum absolute atomic E-state index is 12.9. The van der Waals surface area contributed by atoms with Crippen molar-refractivity contribution in [3.63, 3.8) is 0 Å². The fourth-order valence-corrected chi connectivity index (χ4v) is 3.52. The van der Waals surface area contributed by atoms with Crippen molar-refractivity contribution in [3.05, 3.63) is 48.5 Å². The number of likely N-dealkylation sites (tertiary alicyclic amines) is 1. The number of hydrogen-bond donors (Lipinski definition) is 1. The van der Waals surface area contributed by atoms with Crippen LogP contribution in [0.15, 0.2) is 42.9 Å². The molecule has 2 N–H and O–H groups in total. The van der Waals surface area contributed by atoms with Crippen LogP contribution < -0.4 is 15.5 Å². The zero-order valence-electron chi connectivity index (χ0n) is 14.1. The fraction of sp³-hybridized carbons (Fsp3) is 0.389. The molecule has 7 heteroatoms. The number of hydrogen-bond acceptors (Lipinski definition) is 5. The van der Waals surface area contributed by atoms with Gasteiger partial charge in [0.15, 0.2) is 0 Å². The van der Waals surface area contributed by atoms with Crippen molar-refractivity contribution in [3.8, 4) is 0 Å². The van der Waals surface area contributed by atoms with Crippen LogP contribution in [0, 0.1) is 0 Å². The van der Waals surface area contributed by atoms with Crippen molar-refractivity contribution in [2.24, 2.45) is 5.73 Å². The minimum atomic E-state index is 0.0551. The third-order valence-corrected chi connectivity index (χ3v) is 4.80. The Hall–Kier alpha value is -2.67. The van der Waals surface area contributed by atoms with Gasteiger partial charge < -0.3 is 15.5 Å². The standard InChI is InChI=1S/C18H22N6O/c19-14-5-8-23(12-14)18(25)24-10-9-22(13-15-11-20-6-7-21-15)16-3-1-2-4-17(16)24/h1-4,6-7,11,14H,5,8-10,12-13,19H2. The quantitative estimate of drug-likeness (QED) is 0.897. The summed E-state index contributed by atoms with van der Waals surface area (Å²) in [6, 6.07) is 8.19. The summed E-state index contributed by atoms with van der Waals surface area (Å²) in [6.07, 6.45) is 6.04. The molecule has 1 unspecified atom stereocenters. The zero-order valence-corrected chi connectivity index (χ0v) is 14.1. The Morgan fingerprint density at radius 3 is 2.72 bits per heavy atom. The first-order valence-corrected chi connectivity index (χ1v) is 8.63. The van der Waals surface area contributed by atoms with Crippen LogP contribution in [0.1, 0.15) is 12.1 Å². The molecule has 1 saturated heterocycles. The van der Waals surface area contributed by atoms with Gasteiger partial charge in [-0.25, -0.2) is 4.79 Å². The van der Waals surface area contributed by atoms with Gasteiger partial charge in [-0.15, -0.1) is 0 Å². The van der Waals surface area contributed by atoms with Crippen molar-refractivity contribution in [1.29, 1.82) is 0 Å². The number of urea groups is 1. The highest BCUT2D eigenvalue weighted by molar-refractivity contribution is 5.97. The molecule has 0 bridgehead atoms. The monoisotopic (exact) mass is 338 g/mol. The highest BCUT2D eigenvalue weighted by atomic mass is 16.2. The Morgan fingerprint density at radius 1 is 1.16 bits per heavy atom. The van der Waals surface area contributed by atoms with E-state index in [0.717, 1.165) is 36.6 Å². The predicted molar refractivity (Wildman–Crippen MR) is 96.4 cm³/mol. The van der Waals surface area contributed by atoms with E-state index >= 15 is 0 Å². The lowest BCUT2D eigenvalue weighted by Gasteiger charge is -2.39. The van der Waals surface area contributed by atoms with E-state index in [-0.39, 0.29) is 12.1 Å². The molecule has 7 nitrogen and oxygen atoms in total. The number of nitrogens with zero attached hydrogens (tertiary/aromatic N) is 5. The van der Waals surface area contributed by atoms with Crippen LogP contribution in [0.3, 0.4) is 0 Å². The summed E-state index contributed by atoms with van der Waals surface area (Å²) in [7, 11) is 0. The van der Waals surface area contributed by atoms with Gasteiger partial charge in [-0.3, -0.25) is 14.9 Å². The van der Waals surface area contributed by atoms with Gasteiger partial charge in [-0.05, 0) is 18.6 Å². The summed E-state index contributed by atoms with van der Waals surface area (Å²) in [4.78, 5) is 27.4. The normalized spacial score (nSPS) is 19.9. The Kier molecular flexibility index (Phi) is 4.23. The number of rotatable bonds is 2. The van der Waals surface area contributed by atoms with Crippen LogP contribution in [0.4, 0.5) is 16.2 Å². The van der Waals surface area contributed by atoms with Crippen LogP contribution in [-0.4, -0.2) is 53.1 Å². The maximum atomic E-state index is 12.9. The molecule has 1 aromatic heterocycles. The maximum Gasteiger partial charge on any atom is 0.324 e. The summed E-state index contributed by atoms with van der Waals surface area (Å²) in [5, 5.41) is 0. The summed E-state index contributed by atoms with van der Waals surface area (Å²) in [6.45, 7) is 3.48. The summed E-state index contributed by atoms with van der Waals surface area (Å²) < 4.78 is 0. The lowest BCUT2D eigenvalue weighted by atomic mass is 10.1. The van der Waals surface area contributed by atoms with Gasteiger partial charge in [0.05, 0.1) is 29.8 Å². The molecular formula is C18H22N6O. The van der Waals surface area contributed by atoms with Gasteiger partial charge in [0.2, 0.25) is 0 Å². The molecule has 2 aromatic rings. The third kappa shape index (κ3) is 3.15. The molecule has 2 aliphatic heterocycles. The van der Waals surface area contributed by atoms with E-state index in [1.54, 1.807) is 18.6 Å². The second kappa shape index (κ2) is 6.68. The molecule has 130 valence electrons. The number of para-hydroxylation sites is 2. The Morgan fingerprint density at radius 2 is 2.00 bits per heavy atom. The number of aromatic nitrogens is 2. The first-order valence-electron chi connectivity index (χ1n) is 8.63. The SMILES string of the molecule is NC1CCN(C(=O)N2CCN(Cc3cnccn3)c3ccccc32)C1. The molecule has 1 aromatic carbocycles. The zero-order chi connectivity index (χ0) is 17.2. The molecule has 0 radical (unpaired) electrons. The average Bonchev–Trinajstić information content (AvgIpc) is 3.09. The lowest BCUT2D eigenvalue weighted by molar-refractivity contribution is 0.214. The number of carbonyl (C=O) groups excluding carboxylic acids is 1. The van der Waals surface area contributed by atoms with Crippen molar-refractivity contribution in [2.45, 2.75) is 19.0 Å². The molecule has 0 spiro atoms. The molecule has 1 atom stereocenters. The second-order valence-corrected chi connectivity index (χ2v) is 6.54. The number of amides is 2. The summed E-state index contributed by atoms with van der Waals surface area (Å²) in [5.41, 5.74) is 8.88. The van der Waals surface area contributed by atoms with Gasteiger partial charge in [0.1, 0.15) is 0 Å². The predicted octanol–water partition coefficient (Wildman–Crippen LogP) is 1.46. The topological polar surface area (TPSA) is 78.6 Å². The Balaban J connectivity index is 1.57. The van der Waals surface area contributed by atoms with E-state index in [1.165, 1.54) is 0 Å². The fourth-order valence-electron chi connectivity index (χ4n) is 3.52. The Bertz CT molecular complexity index is 752. The number of anilines is 2. The summed E-state index contributed by atoms with van der Waals surface area (Å²) in [5.74, 6) is 0. The van der Waals surface area contributed by atoms with Crippen LogP contribution in [-0.2, 0) is 6.54 Å². The van der Waals surface area contributed by atoms with Crippen LogP contribution >= 0.6 is 0 Å². The number of benzene rings is 1. The molecule has 3 heterocycles. The minimum absolute atomic E-state index is 0.0551. The molecular weight excluding hydrogens is 316 g/mol. The molecule has 0 saturated carbocycles. The lowest BCUT2D eigenvalue weighted by Crippen LogP contribution is -2.49. The molecule has 0 aliphatic carbocycles. The first-order chi connectivity index (χ1) is 12.2. The highest BCUT2D eigenvalue weighted by Gasteiger charge is 2.32. The van der Waals surface area contributed by atoms with Crippen molar-refractivity contribution >= 4 is 17.4 Å². The van der Waals surface area contributed by atoms with Crippen LogP contribution in [0.25, 0.3) is 0 Å². The van der Waals surface area contributed by atoms with E-state index in [4.69, 9.17) is 5.73 Å². The number of carbonyl (C=O) groups is 1. The van der Waals surface area contributed by atoms with Crippen molar-refractivity contribution in [2.75, 3.05) is 36.0 Å². The minimum Gasteiger partial charge on any atom is -0.362 e.